The van der Waals surface area contributed by atoms with Crippen LogP contribution in [0.4, 0.5) is 33.2 Å². The van der Waals surface area contributed by atoms with E-state index in [-0.39, 0.29) is 17.7 Å². The molecule has 0 unspecified atom stereocenters. The largest absolute Gasteiger partial charge is 0.491 e. The summed E-state index contributed by atoms with van der Waals surface area (Å²) >= 11 is 0. The minimum absolute atomic E-state index is 0.00605. The minimum Gasteiger partial charge on any atom is -0.491 e. The van der Waals surface area contributed by atoms with Crippen molar-refractivity contribution in [1.82, 2.24) is 9.97 Å². The van der Waals surface area contributed by atoms with Gasteiger partial charge in [-0.2, -0.15) is 4.98 Å². The smallest absolute Gasteiger partial charge is 0.250 e. The summed E-state index contributed by atoms with van der Waals surface area (Å²) in [4.78, 5) is 20.3. The van der Waals surface area contributed by atoms with E-state index in [4.69, 9.17) is 9.47 Å². The van der Waals surface area contributed by atoms with Gasteiger partial charge < -0.3 is 25.4 Å². The number of carbonyl (C=O) groups excluding carboxylic acids is 1. The summed E-state index contributed by atoms with van der Waals surface area (Å²) in [5.41, 5.74) is 2.30. The van der Waals surface area contributed by atoms with Crippen LogP contribution in [0.15, 0.2) is 66.9 Å². The number of rotatable bonds is 11. The third kappa shape index (κ3) is 7.01. The standard InChI is InChI=1S/C24H26FN5O3/c1-4-16(2)23(31)28-19-7-5-6-18(14-19)27-22-21(25)15-26-24(30-22)29-17-8-10-20(11-9-17)33-13-12-32-3/h5-11,14-15H,2,4,12-13H2,1,3H3,(H,28,31)(H2,26,27,29,30). The average Bonchev–Trinajstić information content (AvgIpc) is 2.82. The number of benzene rings is 2. The van der Waals surface area contributed by atoms with Crippen LogP contribution in [0.2, 0.25) is 0 Å². The van der Waals surface area contributed by atoms with E-state index in [0.717, 1.165) is 6.20 Å². The molecule has 2 aromatic carbocycles. The molecule has 0 atom stereocenters. The summed E-state index contributed by atoms with van der Waals surface area (Å²) in [6.07, 6.45) is 1.63. The fraction of sp³-hybridized carbons (Fsp3) is 0.208. The van der Waals surface area contributed by atoms with Gasteiger partial charge in [0, 0.05) is 29.7 Å². The zero-order valence-electron chi connectivity index (χ0n) is 18.5. The van der Waals surface area contributed by atoms with E-state index in [2.05, 4.69) is 32.5 Å². The Morgan fingerprint density at radius 3 is 2.55 bits per heavy atom. The first-order valence-electron chi connectivity index (χ1n) is 10.4. The molecule has 0 bridgehead atoms. The lowest BCUT2D eigenvalue weighted by molar-refractivity contribution is -0.112. The van der Waals surface area contributed by atoms with Crippen molar-refractivity contribution in [3.05, 3.63) is 72.7 Å². The van der Waals surface area contributed by atoms with Gasteiger partial charge in [-0.15, -0.1) is 0 Å². The van der Waals surface area contributed by atoms with Crippen molar-refractivity contribution < 1.29 is 18.7 Å². The van der Waals surface area contributed by atoms with Gasteiger partial charge in [-0.3, -0.25) is 4.79 Å². The van der Waals surface area contributed by atoms with Gasteiger partial charge in [0.05, 0.1) is 12.8 Å². The van der Waals surface area contributed by atoms with Gasteiger partial charge in [-0.1, -0.05) is 19.6 Å². The fourth-order valence-electron chi connectivity index (χ4n) is 2.71. The molecule has 8 nitrogen and oxygen atoms in total. The van der Waals surface area contributed by atoms with Crippen LogP contribution in [0.1, 0.15) is 13.3 Å². The topological polar surface area (TPSA) is 97.4 Å². The maximum Gasteiger partial charge on any atom is 0.250 e. The SMILES string of the molecule is C=C(CC)C(=O)Nc1cccc(Nc2nc(Nc3ccc(OCCOC)cc3)ncc2F)c1. The molecule has 0 spiro atoms. The van der Waals surface area contributed by atoms with Gasteiger partial charge >= 0.3 is 0 Å². The van der Waals surface area contributed by atoms with Crippen LogP contribution in [0, 0.1) is 5.82 Å². The molecule has 1 heterocycles. The summed E-state index contributed by atoms with van der Waals surface area (Å²) in [6.45, 7) is 6.54. The van der Waals surface area contributed by atoms with E-state index in [9.17, 15) is 9.18 Å². The number of carbonyl (C=O) groups is 1. The molecule has 9 heteroatoms. The molecular weight excluding hydrogens is 425 g/mol. The zero-order chi connectivity index (χ0) is 23.6. The summed E-state index contributed by atoms with van der Waals surface area (Å²) in [5, 5.41) is 8.72. The van der Waals surface area contributed by atoms with Crippen molar-refractivity contribution in [3.8, 4) is 5.75 Å². The van der Waals surface area contributed by atoms with Crippen molar-refractivity contribution in [1.29, 1.82) is 0 Å². The van der Waals surface area contributed by atoms with Gasteiger partial charge in [0.2, 0.25) is 5.95 Å². The third-order valence-electron chi connectivity index (χ3n) is 4.54. The summed E-state index contributed by atoms with van der Waals surface area (Å²) < 4.78 is 24.8. The molecule has 0 radical (unpaired) electrons. The second kappa shape index (κ2) is 11.6. The van der Waals surface area contributed by atoms with E-state index in [1.165, 1.54) is 0 Å². The van der Waals surface area contributed by atoms with Gasteiger partial charge in [0.15, 0.2) is 11.6 Å². The van der Waals surface area contributed by atoms with Gasteiger partial charge in [0.1, 0.15) is 12.4 Å². The molecule has 0 aliphatic heterocycles. The fourth-order valence-corrected chi connectivity index (χ4v) is 2.71. The maximum atomic E-state index is 14.3. The van der Waals surface area contributed by atoms with Crippen molar-refractivity contribution >= 4 is 34.7 Å². The van der Waals surface area contributed by atoms with Crippen LogP contribution in [0.3, 0.4) is 0 Å². The Labute approximate surface area is 191 Å². The van der Waals surface area contributed by atoms with Crippen LogP contribution in [0.25, 0.3) is 0 Å². The van der Waals surface area contributed by atoms with E-state index < -0.39 is 5.82 Å². The highest BCUT2D eigenvalue weighted by molar-refractivity contribution is 6.03. The molecule has 0 aliphatic carbocycles. The number of anilines is 5. The zero-order valence-corrected chi connectivity index (χ0v) is 18.5. The molecule has 1 amide bonds. The number of aromatic nitrogens is 2. The van der Waals surface area contributed by atoms with E-state index in [1.54, 1.807) is 55.6 Å². The molecule has 0 saturated heterocycles. The monoisotopic (exact) mass is 451 g/mol. The molecule has 0 aliphatic rings. The van der Waals surface area contributed by atoms with Gasteiger partial charge in [0.25, 0.3) is 5.91 Å². The highest BCUT2D eigenvalue weighted by Gasteiger charge is 2.10. The molecule has 3 N–H and O–H groups in total. The Kier molecular flexibility index (Phi) is 8.31. The quantitative estimate of drug-likeness (QED) is 0.278. The first-order chi connectivity index (χ1) is 16.0. The van der Waals surface area contributed by atoms with Gasteiger partial charge in [-0.25, -0.2) is 9.37 Å². The number of halogens is 1. The number of hydrogen-bond donors (Lipinski definition) is 3. The van der Waals surface area contributed by atoms with Gasteiger partial charge in [-0.05, 0) is 48.9 Å². The van der Waals surface area contributed by atoms with Crippen molar-refractivity contribution in [2.75, 3.05) is 36.3 Å². The number of hydrogen-bond acceptors (Lipinski definition) is 7. The molecule has 3 aromatic rings. The third-order valence-corrected chi connectivity index (χ3v) is 4.54. The number of nitrogens with one attached hydrogen (secondary N) is 3. The number of amides is 1. The van der Waals surface area contributed by atoms with Crippen LogP contribution in [0.5, 0.6) is 5.75 Å². The lowest BCUT2D eigenvalue weighted by atomic mass is 10.2. The van der Waals surface area contributed by atoms with Crippen LogP contribution < -0.4 is 20.7 Å². The minimum atomic E-state index is -0.615. The second-order valence-corrected chi connectivity index (χ2v) is 7.00. The molecule has 0 saturated carbocycles. The van der Waals surface area contributed by atoms with Crippen molar-refractivity contribution in [2.24, 2.45) is 0 Å². The first kappa shape index (κ1) is 23.7. The molecule has 172 valence electrons. The van der Waals surface area contributed by atoms with Crippen molar-refractivity contribution in [2.45, 2.75) is 13.3 Å². The average molecular weight is 452 g/mol. The summed E-state index contributed by atoms with van der Waals surface area (Å²) in [6, 6.07) is 14.1. The van der Waals surface area contributed by atoms with Crippen LogP contribution >= 0.6 is 0 Å². The summed E-state index contributed by atoms with van der Waals surface area (Å²) in [5.74, 6) is 0.0410. The molecular formula is C24H26FN5O3. The predicted molar refractivity (Wildman–Crippen MR) is 127 cm³/mol. The Morgan fingerprint density at radius 1 is 1.06 bits per heavy atom. The van der Waals surface area contributed by atoms with E-state index >= 15 is 0 Å². The highest BCUT2D eigenvalue weighted by atomic mass is 19.1. The second-order valence-electron chi connectivity index (χ2n) is 7.00. The number of methoxy groups -OCH3 is 1. The maximum absolute atomic E-state index is 14.3. The number of ether oxygens (including phenoxy) is 2. The molecule has 33 heavy (non-hydrogen) atoms. The highest BCUT2D eigenvalue weighted by Crippen LogP contribution is 2.23. The van der Waals surface area contributed by atoms with E-state index in [0.29, 0.717) is 48.0 Å². The Morgan fingerprint density at radius 2 is 1.82 bits per heavy atom. The van der Waals surface area contributed by atoms with E-state index in [1.807, 2.05) is 6.92 Å². The first-order valence-corrected chi connectivity index (χ1v) is 10.4. The normalized spacial score (nSPS) is 10.4. The predicted octanol–water partition coefficient (Wildman–Crippen LogP) is 5.03. The Bertz CT molecular complexity index is 1110. The number of nitrogens with zero attached hydrogens (tertiary/aromatic N) is 2. The summed E-state index contributed by atoms with van der Waals surface area (Å²) in [7, 11) is 1.61. The Balaban J connectivity index is 1.67. The molecule has 0 fully saturated rings. The van der Waals surface area contributed by atoms with Crippen molar-refractivity contribution in [3.63, 3.8) is 0 Å². The lowest BCUT2D eigenvalue weighted by Crippen LogP contribution is -2.13. The molecule has 3 rings (SSSR count). The lowest BCUT2D eigenvalue weighted by Gasteiger charge is -2.12. The molecule has 1 aromatic heterocycles. The van der Waals surface area contributed by atoms with Crippen LogP contribution in [-0.2, 0) is 9.53 Å². The Hall–Kier alpha value is -3.98. The van der Waals surface area contributed by atoms with Crippen LogP contribution in [-0.4, -0.2) is 36.2 Å².